The van der Waals surface area contributed by atoms with Gasteiger partial charge in [-0.3, -0.25) is 20.2 Å². The van der Waals surface area contributed by atoms with Crippen molar-refractivity contribution in [1.82, 2.24) is 15.1 Å². The summed E-state index contributed by atoms with van der Waals surface area (Å²) in [5.41, 5.74) is -1.52. The van der Waals surface area contributed by atoms with Gasteiger partial charge in [-0.2, -0.15) is 0 Å². The van der Waals surface area contributed by atoms with Gasteiger partial charge in [-0.25, -0.2) is 23.6 Å². The van der Waals surface area contributed by atoms with Crippen molar-refractivity contribution in [2.75, 3.05) is 70.5 Å². The van der Waals surface area contributed by atoms with Gasteiger partial charge < -0.3 is 39.0 Å². The highest BCUT2D eigenvalue weighted by molar-refractivity contribution is 6.75. The van der Waals surface area contributed by atoms with E-state index in [1.807, 2.05) is 46.4 Å². The number of nitrogens with one attached hydrogen (secondary N) is 1. The summed E-state index contributed by atoms with van der Waals surface area (Å²) in [6.07, 6.45) is -0.570. The summed E-state index contributed by atoms with van der Waals surface area (Å²) in [5.74, 6) is -2.32. The van der Waals surface area contributed by atoms with Crippen molar-refractivity contribution in [2.24, 2.45) is 0 Å². The Morgan fingerprint density at radius 1 is 0.707 bits per heavy atom. The molecule has 2 aromatic carbocycles. The average Bonchev–Trinajstić information content (AvgIpc) is 3.15. The number of rotatable bonds is 7. The summed E-state index contributed by atoms with van der Waals surface area (Å²) in [7, 11) is 8.00. The molecule has 313 valence electrons. The quantitative estimate of drug-likeness (QED) is 0.135. The molecule has 2 fully saturated rings. The molecule has 7 radical (unpaired) electrons. The maximum atomic E-state index is 12.7. The summed E-state index contributed by atoms with van der Waals surface area (Å²) >= 11 is 0. The molecule has 18 nitrogen and oxygen atoms in total. The van der Waals surface area contributed by atoms with E-state index in [4.69, 9.17) is 14.2 Å². The van der Waals surface area contributed by atoms with Crippen LogP contribution in [0, 0.1) is 26.0 Å². The predicted molar refractivity (Wildman–Crippen MR) is 216 cm³/mol. The van der Waals surface area contributed by atoms with E-state index in [-0.39, 0.29) is 56.2 Å². The first-order valence-electron chi connectivity index (χ1n) is 18.0. The number of anilines is 1. The van der Waals surface area contributed by atoms with E-state index in [2.05, 4.69) is 25.5 Å². The summed E-state index contributed by atoms with van der Waals surface area (Å²) in [4.78, 5) is 72.5. The Bertz CT molecular complexity index is 1680. The lowest BCUT2D eigenvalue weighted by Gasteiger charge is -2.36. The number of hydrogen-bond donors (Lipinski definition) is 1. The Labute approximate surface area is 342 Å². The second kappa shape index (κ2) is 25.1. The number of carbonyl (C=O) groups excluding carboxylic acids is 4. The Kier molecular flexibility index (Phi) is 22.7. The Hall–Kier alpha value is -5.40. The minimum Gasteiger partial charge on any atom is -0.462 e. The third-order valence-corrected chi connectivity index (χ3v) is 7.39. The first-order valence-corrected chi connectivity index (χ1v) is 18.0. The minimum atomic E-state index is -0.829. The van der Waals surface area contributed by atoms with Crippen molar-refractivity contribution < 1.29 is 52.4 Å². The fourth-order valence-electron chi connectivity index (χ4n) is 4.93. The van der Waals surface area contributed by atoms with Crippen LogP contribution < -0.4 is 10.2 Å². The van der Waals surface area contributed by atoms with Gasteiger partial charge in [0.15, 0.2) is 0 Å². The molecule has 22 heteroatoms. The van der Waals surface area contributed by atoms with E-state index in [1.165, 1.54) is 12.1 Å². The smallest absolute Gasteiger partial charge is 0.410 e. The first-order chi connectivity index (χ1) is 26.7. The van der Waals surface area contributed by atoms with Gasteiger partial charge in [0.25, 0.3) is 11.4 Å². The fraction of sp³-hybridized carbons (Fsp3) is 0.556. The molecular formula is C36H51B3FN6O12. The van der Waals surface area contributed by atoms with Crippen LogP contribution >= 0.6 is 0 Å². The third kappa shape index (κ3) is 18.2. The van der Waals surface area contributed by atoms with Crippen LogP contribution in [0.25, 0.3) is 0 Å². The molecule has 58 heavy (non-hydrogen) atoms. The van der Waals surface area contributed by atoms with Crippen LogP contribution in [0.5, 0.6) is 0 Å². The molecule has 2 aliphatic heterocycles. The molecule has 2 aliphatic rings. The number of esters is 2. The third-order valence-electron chi connectivity index (χ3n) is 7.39. The van der Waals surface area contributed by atoms with Crippen LogP contribution in [0.4, 0.5) is 31.0 Å². The first kappa shape index (κ1) is 52.6. The van der Waals surface area contributed by atoms with E-state index in [0.29, 0.717) is 37.9 Å². The molecule has 2 saturated heterocycles. The topological polar surface area (TPSA) is 213 Å². The standard InChI is InChI=1S/C18H25N3O6.C9H8FNO4.C9H18N2O2.B2.B/c1-5-26-16(22)14-7-6-13(12-15(14)21(24)25)19-8-10-20(11-9-19)17(23)27-18(2,3)4;1-2-15-9(12)7-4-3-6(10)5-8(7)11(13)14;1-9(2,3)13-8(12)11-6-4-10-5-7-11;1-2;/h6-7,12H,5,8-11H2,1-4H3;3-5H,2H2,1H3;10H,4-7H2,1-3H3;;. The number of benzene rings is 2. The average molecular weight is 811 g/mol. The molecule has 0 aromatic heterocycles. The van der Waals surface area contributed by atoms with Crippen LogP contribution in [0.1, 0.15) is 76.1 Å². The maximum Gasteiger partial charge on any atom is 0.410 e. The predicted octanol–water partition coefficient (Wildman–Crippen LogP) is 4.42. The Morgan fingerprint density at radius 2 is 1.10 bits per heavy atom. The highest BCUT2D eigenvalue weighted by Crippen LogP contribution is 2.28. The van der Waals surface area contributed by atoms with Gasteiger partial charge in [0, 0.05) is 88.0 Å². The minimum absolute atomic E-state index is 0. The number of amides is 2. The number of piperazine rings is 2. The van der Waals surface area contributed by atoms with Crippen molar-refractivity contribution in [3.8, 4) is 0 Å². The molecule has 0 atom stereocenters. The van der Waals surface area contributed by atoms with E-state index in [0.717, 1.165) is 38.3 Å². The van der Waals surface area contributed by atoms with E-state index >= 15 is 0 Å². The van der Waals surface area contributed by atoms with E-state index in [1.54, 1.807) is 29.7 Å². The molecule has 0 bridgehead atoms. The maximum absolute atomic E-state index is 12.7. The van der Waals surface area contributed by atoms with Gasteiger partial charge in [-0.15, -0.1) is 0 Å². The van der Waals surface area contributed by atoms with Crippen LogP contribution in [-0.4, -0.2) is 144 Å². The number of carbonyl (C=O) groups is 4. The summed E-state index contributed by atoms with van der Waals surface area (Å²) in [6.45, 7) is 19.7. The number of hydrogen-bond acceptors (Lipinski definition) is 14. The van der Waals surface area contributed by atoms with Gasteiger partial charge in [0.05, 0.1) is 29.1 Å². The summed E-state index contributed by atoms with van der Waals surface area (Å²) < 4.78 is 32.8. The Balaban J connectivity index is 0.000000889. The van der Waals surface area contributed by atoms with Gasteiger partial charge in [0.2, 0.25) is 0 Å². The zero-order chi connectivity index (χ0) is 43.5. The van der Waals surface area contributed by atoms with E-state index < -0.39 is 38.9 Å². The van der Waals surface area contributed by atoms with Gasteiger partial charge in [-0.05, 0) is 79.7 Å². The number of nitrogens with zero attached hydrogens (tertiary/aromatic N) is 5. The normalized spacial score (nSPS) is 13.6. The van der Waals surface area contributed by atoms with Gasteiger partial charge >= 0.3 is 24.1 Å². The van der Waals surface area contributed by atoms with Crippen molar-refractivity contribution in [3.05, 3.63) is 73.6 Å². The highest BCUT2D eigenvalue weighted by Gasteiger charge is 2.29. The summed E-state index contributed by atoms with van der Waals surface area (Å²) in [5, 5.41) is 25.0. The summed E-state index contributed by atoms with van der Waals surface area (Å²) in [6, 6.07) is 7.13. The molecule has 0 unspecified atom stereocenters. The van der Waals surface area contributed by atoms with Crippen molar-refractivity contribution in [3.63, 3.8) is 0 Å². The van der Waals surface area contributed by atoms with Crippen LogP contribution in [0.3, 0.4) is 0 Å². The van der Waals surface area contributed by atoms with Crippen molar-refractivity contribution in [1.29, 1.82) is 0 Å². The molecule has 0 spiro atoms. The SMILES string of the molecule is CC(C)(C)OC(=O)N1CCNCC1.CCOC(=O)c1ccc(F)cc1[N+](=O)[O-].CCOC(=O)c1ccc(N2CCN(C(=O)OC(C)(C)C)CC2)cc1[N+](=O)[O-].[B].[B][B]. The van der Waals surface area contributed by atoms with Gasteiger partial charge in [0.1, 0.15) is 28.1 Å². The Morgan fingerprint density at radius 3 is 1.50 bits per heavy atom. The fourth-order valence-corrected chi connectivity index (χ4v) is 4.93. The second-order valence-electron chi connectivity index (χ2n) is 14.0. The highest BCUT2D eigenvalue weighted by atomic mass is 19.1. The number of halogens is 1. The molecule has 2 heterocycles. The molecule has 1 N–H and O–H groups in total. The van der Waals surface area contributed by atoms with Crippen LogP contribution in [-0.2, 0) is 18.9 Å². The second-order valence-corrected chi connectivity index (χ2v) is 14.0. The lowest BCUT2D eigenvalue weighted by molar-refractivity contribution is -0.385. The lowest BCUT2D eigenvalue weighted by Crippen LogP contribution is -2.50. The molecule has 4 rings (SSSR count). The monoisotopic (exact) mass is 811 g/mol. The zero-order valence-corrected chi connectivity index (χ0v) is 34.3. The van der Waals surface area contributed by atoms with E-state index in [9.17, 15) is 43.8 Å². The van der Waals surface area contributed by atoms with Crippen LogP contribution in [0.15, 0.2) is 36.4 Å². The molecule has 0 aliphatic carbocycles. The number of nitro groups is 2. The van der Waals surface area contributed by atoms with Crippen LogP contribution in [0.2, 0.25) is 0 Å². The molecule has 2 aromatic rings. The lowest BCUT2D eigenvalue weighted by atomic mass is 9.81. The molecule has 0 saturated carbocycles. The largest absolute Gasteiger partial charge is 0.462 e. The number of nitro benzene ring substituents is 2. The van der Waals surface area contributed by atoms with Crippen molar-refractivity contribution in [2.45, 2.75) is 66.6 Å². The number of ether oxygens (including phenoxy) is 4. The van der Waals surface area contributed by atoms with Gasteiger partial charge in [-0.1, -0.05) is 0 Å². The van der Waals surface area contributed by atoms with Crippen molar-refractivity contribution >= 4 is 65.1 Å². The zero-order valence-electron chi connectivity index (χ0n) is 34.3. The molecular weight excluding hydrogens is 760 g/mol. The molecule has 2 amide bonds.